The summed E-state index contributed by atoms with van der Waals surface area (Å²) in [5.74, 6) is 1.40. The first kappa shape index (κ1) is 39.4. The number of nitrogens with zero attached hydrogens (tertiary/aromatic N) is 3. The van der Waals surface area contributed by atoms with Crippen LogP contribution in [0, 0.1) is 62.6 Å². The average Bonchev–Trinajstić information content (AvgIpc) is 3.59. The summed E-state index contributed by atoms with van der Waals surface area (Å²) in [6, 6.07) is 10.2. The number of benzene rings is 1. The van der Waals surface area contributed by atoms with Gasteiger partial charge >= 0.3 is 5.97 Å². The summed E-state index contributed by atoms with van der Waals surface area (Å²) in [6.45, 7) is 24.5. The van der Waals surface area contributed by atoms with Crippen LogP contribution < -0.4 is 5.73 Å². The van der Waals surface area contributed by atoms with Crippen molar-refractivity contribution >= 4 is 18.1 Å². The van der Waals surface area contributed by atoms with Crippen molar-refractivity contribution in [1.29, 1.82) is 0 Å². The van der Waals surface area contributed by atoms with Crippen LogP contribution in [-0.4, -0.2) is 57.3 Å². The molecule has 0 amide bonds. The Hall–Kier alpha value is -2.81. The molecule has 0 radical (unpaired) electrons. The third-order valence-corrected chi connectivity index (χ3v) is 17.1. The number of carbonyl (C=O) groups is 1. The lowest BCUT2D eigenvalue weighted by Crippen LogP contribution is -2.69. The van der Waals surface area contributed by atoms with Crippen molar-refractivity contribution in [3.8, 4) is 0 Å². The molecule has 8 nitrogen and oxygen atoms in total. The Bertz CT molecular complexity index is 1770. The Labute approximate surface area is 324 Å². The Morgan fingerprint density at radius 2 is 1.78 bits per heavy atom. The van der Waals surface area contributed by atoms with Crippen LogP contribution in [0.4, 0.5) is 0 Å². The normalized spacial score (nSPS) is 40.8. The number of aromatic nitrogens is 3. The molecule has 4 aliphatic carbocycles. The Balaban J connectivity index is 1.33. The first-order valence-electron chi connectivity index (χ1n) is 20.9. The summed E-state index contributed by atoms with van der Waals surface area (Å²) in [6.07, 6.45) is 13.9. The smallest absolute Gasteiger partial charge is 0.307 e. The summed E-state index contributed by atoms with van der Waals surface area (Å²) in [7, 11) is 0. The topological polar surface area (TPSA) is 112 Å². The van der Waals surface area contributed by atoms with Crippen molar-refractivity contribution in [2.75, 3.05) is 19.8 Å². The second kappa shape index (κ2) is 13.7. The summed E-state index contributed by atoms with van der Waals surface area (Å²) >= 11 is 0. The predicted octanol–water partition coefficient (Wildman–Crippen LogP) is 9.34. The van der Waals surface area contributed by atoms with E-state index in [1.165, 1.54) is 5.57 Å². The fourth-order valence-corrected chi connectivity index (χ4v) is 12.9. The molecule has 1 saturated heterocycles. The minimum Gasteiger partial charge on any atom is -0.481 e. The van der Waals surface area contributed by atoms with E-state index in [4.69, 9.17) is 25.3 Å². The molecule has 8 heteroatoms. The first-order chi connectivity index (χ1) is 25.4. The zero-order chi connectivity index (χ0) is 39.1. The van der Waals surface area contributed by atoms with E-state index in [0.717, 1.165) is 49.9 Å². The molecule has 2 bridgehead atoms. The molecule has 1 aromatic heterocycles. The first-order valence-corrected chi connectivity index (χ1v) is 20.9. The third kappa shape index (κ3) is 5.81. The molecule has 2 heterocycles. The maximum Gasteiger partial charge on any atom is 0.307 e. The molecular formula is C46H68N4O4. The molecule has 3 N–H and O–H groups in total. The number of hydrogen-bond donors (Lipinski definition) is 2. The van der Waals surface area contributed by atoms with Gasteiger partial charge in [0.05, 0.1) is 37.9 Å². The minimum atomic E-state index is -0.621. The molecular weight excluding hydrogens is 673 g/mol. The van der Waals surface area contributed by atoms with E-state index >= 15 is 0 Å². The van der Waals surface area contributed by atoms with Gasteiger partial charge in [0.2, 0.25) is 0 Å². The molecule has 12 atom stereocenters. The number of rotatable bonds is 10. The van der Waals surface area contributed by atoms with Crippen molar-refractivity contribution in [1.82, 2.24) is 14.8 Å². The second-order valence-electron chi connectivity index (χ2n) is 20.3. The van der Waals surface area contributed by atoms with Crippen molar-refractivity contribution in [3.63, 3.8) is 0 Å². The number of fused-ring (bicyclic) bond motifs is 3. The summed E-state index contributed by atoms with van der Waals surface area (Å²) in [5, 5.41) is 16.1. The van der Waals surface area contributed by atoms with Crippen LogP contribution in [0.2, 0.25) is 0 Å². The highest BCUT2D eigenvalue weighted by Gasteiger charge is 2.72. The number of allylic oxidation sites excluding steroid dienone is 1. The summed E-state index contributed by atoms with van der Waals surface area (Å²) < 4.78 is 16.1. The predicted molar refractivity (Wildman–Crippen MR) is 215 cm³/mol. The summed E-state index contributed by atoms with van der Waals surface area (Å²) in [5.41, 5.74) is 7.73. The van der Waals surface area contributed by atoms with Crippen molar-refractivity contribution in [3.05, 3.63) is 59.7 Å². The average molecular weight is 741 g/mol. The minimum absolute atomic E-state index is 0.0925. The molecule has 0 unspecified atom stereocenters. The van der Waals surface area contributed by atoms with E-state index < -0.39 is 17.4 Å². The van der Waals surface area contributed by atoms with Gasteiger partial charge in [0, 0.05) is 16.4 Å². The molecule has 5 aliphatic rings. The van der Waals surface area contributed by atoms with Crippen molar-refractivity contribution in [2.45, 2.75) is 125 Å². The van der Waals surface area contributed by atoms with Gasteiger partial charge in [-0.15, -0.1) is 0 Å². The SMILES string of the molecule is CC(C)[C@@H](C)[C@@]1(C)CC[C@]2(C)[C@H]3CC[C@@H]4[C@@]5(COC[C@@]4(C)[C@@H](OC[C@](C)(N)C(C)C)[C@H](n4ncnc4/C=C/c4ccccc4)C5)C3=CC[C@@]2(C)[C@@H]1C(=O)O. The molecule has 296 valence electrons. The Morgan fingerprint density at radius 3 is 2.44 bits per heavy atom. The fourth-order valence-electron chi connectivity index (χ4n) is 12.9. The van der Waals surface area contributed by atoms with Crippen LogP contribution in [0.5, 0.6) is 0 Å². The highest BCUT2D eigenvalue weighted by Crippen LogP contribution is 2.75. The molecule has 1 aromatic carbocycles. The van der Waals surface area contributed by atoms with E-state index in [-0.39, 0.29) is 45.1 Å². The van der Waals surface area contributed by atoms with E-state index in [1.807, 2.05) is 6.07 Å². The van der Waals surface area contributed by atoms with Gasteiger partial charge in [0.1, 0.15) is 6.33 Å². The standard InChI is InChI=1S/C46H68N4O4/c1-29(2)31(5)41(6)22-23-43(8)33-17-18-36-42(7)25-53-27-46(36,34(33)20-21-44(43,9)38(41)40(51)52)24-35(39(42)54-26-45(10,47)30(3)4)50-37(48-28-49-50)19-16-32-14-12-11-13-15-32/h11-16,19-20,28-31,33,35-36,38-39H,17-18,21-27,47H2,1-10H3,(H,51,52)/b19-16+/t31-,33+,35-,36+,38-,39+,41-,42-,43-,44+,45+,46+/m1/s1. The lowest BCUT2D eigenvalue weighted by Gasteiger charge is -2.71. The van der Waals surface area contributed by atoms with Crippen LogP contribution >= 0.6 is 0 Å². The number of carboxylic acid groups (broad SMARTS) is 1. The molecule has 3 saturated carbocycles. The van der Waals surface area contributed by atoms with Crippen molar-refractivity contribution < 1.29 is 19.4 Å². The van der Waals surface area contributed by atoms with Gasteiger partial charge in [-0.05, 0) is 103 Å². The van der Waals surface area contributed by atoms with Gasteiger partial charge in [-0.2, -0.15) is 5.10 Å². The van der Waals surface area contributed by atoms with Gasteiger partial charge < -0.3 is 20.3 Å². The Kier molecular flexibility index (Phi) is 9.99. The quantitative estimate of drug-likeness (QED) is 0.234. The second-order valence-corrected chi connectivity index (χ2v) is 20.3. The number of aliphatic carboxylic acids is 1. The Morgan fingerprint density at radius 1 is 1.06 bits per heavy atom. The maximum absolute atomic E-state index is 13.6. The lowest BCUT2D eigenvalue weighted by molar-refractivity contribution is -0.252. The van der Waals surface area contributed by atoms with Gasteiger partial charge in [-0.3, -0.25) is 4.79 Å². The molecule has 54 heavy (non-hydrogen) atoms. The monoisotopic (exact) mass is 741 g/mol. The van der Waals surface area contributed by atoms with E-state index in [2.05, 4.69) is 116 Å². The largest absolute Gasteiger partial charge is 0.481 e. The van der Waals surface area contributed by atoms with Gasteiger partial charge in [-0.25, -0.2) is 9.67 Å². The third-order valence-electron chi connectivity index (χ3n) is 17.1. The van der Waals surface area contributed by atoms with Crippen LogP contribution in [0.3, 0.4) is 0 Å². The van der Waals surface area contributed by atoms with Crippen LogP contribution in [0.25, 0.3) is 12.2 Å². The zero-order valence-corrected chi connectivity index (χ0v) is 34.8. The molecule has 2 aromatic rings. The van der Waals surface area contributed by atoms with E-state index in [1.54, 1.807) is 6.33 Å². The van der Waals surface area contributed by atoms with E-state index in [0.29, 0.717) is 43.5 Å². The molecule has 0 spiro atoms. The molecule has 7 rings (SSSR count). The van der Waals surface area contributed by atoms with Gasteiger partial charge in [-0.1, -0.05) is 110 Å². The van der Waals surface area contributed by atoms with E-state index in [9.17, 15) is 9.90 Å². The number of hydrogen-bond acceptors (Lipinski definition) is 6. The fraction of sp³-hybridized carbons (Fsp3) is 0.717. The van der Waals surface area contributed by atoms with Gasteiger partial charge in [0.25, 0.3) is 0 Å². The molecule has 1 aliphatic heterocycles. The summed E-state index contributed by atoms with van der Waals surface area (Å²) in [4.78, 5) is 18.4. The number of nitrogens with two attached hydrogens (primary N) is 1. The lowest BCUT2D eigenvalue weighted by atomic mass is 9.34. The van der Waals surface area contributed by atoms with Crippen LogP contribution in [0.1, 0.15) is 125 Å². The molecule has 4 fully saturated rings. The van der Waals surface area contributed by atoms with Crippen LogP contribution in [-0.2, 0) is 14.3 Å². The number of carboxylic acids is 1. The zero-order valence-electron chi connectivity index (χ0n) is 34.8. The highest BCUT2D eigenvalue weighted by atomic mass is 16.5. The van der Waals surface area contributed by atoms with Crippen molar-refractivity contribution in [2.24, 2.45) is 68.3 Å². The van der Waals surface area contributed by atoms with Gasteiger partial charge in [0.15, 0.2) is 5.82 Å². The highest BCUT2D eigenvalue weighted by molar-refractivity contribution is 5.73. The van der Waals surface area contributed by atoms with Crippen LogP contribution in [0.15, 0.2) is 48.3 Å². The number of ether oxygens (including phenoxy) is 2. The maximum atomic E-state index is 13.6.